The SMILES string of the molecule is O=C(CCn1c(=S)[nH]c2cc(Br)cnc21)N1CCCCC1. The number of halogens is 1. The molecule has 0 aliphatic carbocycles. The summed E-state index contributed by atoms with van der Waals surface area (Å²) in [6, 6.07) is 1.95. The van der Waals surface area contributed by atoms with Crippen LogP contribution in [0.4, 0.5) is 0 Å². The molecule has 2 aromatic rings. The number of carbonyl (C=O) groups is 1. The van der Waals surface area contributed by atoms with Gasteiger partial charge in [-0.2, -0.15) is 0 Å². The Morgan fingerprint density at radius 3 is 2.90 bits per heavy atom. The molecule has 1 amide bonds. The molecule has 3 heterocycles. The predicted molar refractivity (Wildman–Crippen MR) is 87.7 cm³/mol. The lowest BCUT2D eigenvalue weighted by molar-refractivity contribution is -0.132. The monoisotopic (exact) mass is 368 g/mol. The highest BCUT2D eigenvalue weighted by molar-refractivity contribution is 9.10. The van der Waals surface area contributed by atoms with E-state index < -0.39 is 0 Å². The molecule has 1 fully saturated rings. The second-order valence-corrected chi connectivity index (χ2v) is 6.60. The summed E-state index contributed by atoms with van der Waals surface area (Å²) in [6.07, 6.45) is 5.69. The zero-order valence-corrected chi connectivity index (χ0v) is 14.0. The van der Waals surface area contributed by atoms with E-state index in [1.807, 2.05) is 15.5 Å². The molecular weight excluding hydrogens is 352 g/mol. The number of amides is 1. The van der Waals surface area contributed by atoms with Crippen LogP contribution in [0.15, 0.2) is 16.7 Å². The van der Waals surface area contributed by atoms with Crippen LogP contribution in [0.25, 0.3) is 11.2 Å². The van der Waals surface area contributed by atoms with Gasteiger partial charge in [0.05, 0.1) is 5.52 Å². The van der Waals surface area contributed by atoms with Gasteiger partial charge in [-0.1, -0.05) is 0 Å². The molecule has 0 radical (unpaired) electrons. The minimum Gasteiger partial charge on any atom is -0.343 e. The maximum atomic E-state index is 12.2. The molecule has 5 nitrogen and oxygen atoms in total. The molecule has 1 aliphatic heterocycles. The van der Waals surface area contributed by atoms with Gasteiger partial charge in [0.25, 0.3) is 0 Å². The van der Waals surface area contributed by atoms with Crippen molar-refractivity contribution in [3.8, 4) is 0 Å². The van der Waals surface area contributed by atoms with Gasteiger partial charge in [-0.05, 0) is 53.5 Å². The van der Waals surface area contributed by atoms with E-state index in [9.17, 15) is 4.79 Å². The van der Waals surface area contributed by atoms with Crippen molar-refractivity contribution in [3.63, 3.8) is 0 Å². The van der Waals surface area contributed by atoms with E-state index in [1.165, 1.54) is 6.42 Å². The van der Waals surface area contributed by atoms with E-state index in [2.05, 4.69) is 25.9 Å². The van der Waals surface area contributed by atoms with Gasteiger partial charge >= 0.3 is 0 Å². The second kappa shape index (κ2) is 6.27. The Bertz CT molecular complexity index is 717. The Morgan fingerprint density at radius 1 is 1.38 bits per heavy atom. The Labute approximate surface area is 136 Å². The first-order valence-electron chi connectivity index (χ1n) is 7.17. The molecule has 112 valence electrons. The molecule has 0 unspecified atom stereocenters. The molecule has 1 N–H and O–H groups in total. The van der Waals surface area contributed by atoms with Crippen molar-refractivity contribution in [2.75, 3.05) is 13.1 Å². The lowest BCUT2D eigenvalue weighted by Gasteiger charge is -2.26. The Balaban J connectivity index is 1.74. The van der Waals surface area contributed by atoms with Crippen molar-refractivity contribution >= 4 is 45.2 Å². The number of nitrogens with zero attached hydrogens (tertiary/aromatic N) is 3. The minimum atomic E-state index is 0.211. The van der Waals surface area contributed by atoms with Crippen molar-refractivity contribution < 1.29 is 4.79 Å². The molecule has 1 saturated heterocycles. The number of carbonyl (C=O) groups excluding carboxylic acids is 1. The van der Waals surface area contributed by atoms with Crippen LogP contribution in [0, 0.1) is 4.77 Å². The summed E-state index contributed by atoms with van der Waals surface area (Å²) in [6.45, 7) is 2.36. The van der Waals surface area contributed by atoms with Crippen molar-refractivity contribution in [1.29, 1.82) is 0 Å². The number of aromatic nitrogens is 3. The first-order chi connectivity index (χ1) is 10.1. The molecule has 21 heavy (non-hydrogen) atoms. The summed E-state index contributed by atoms with van der Waals surface area (Å²) in [4.78, 5) is 21.7. The number of H-pyrrole nitrogens is 1. The number of hydrogen-bond donors (Lipinski definition) is 1. The molecular formula is C14H17BrN4OS. The molecule has 2 aromatic heterocycles. The predicted octanol–water partition coefficient (Wildman–Crippen LogP) is 3.26. The third kappa shape index (κ3) is 3.18. The number of rotatable bonds is 3. The number of hydrogen-bond acceptors (Lipinski definition) is 3. The lowest BCUT2D eigenvalue weighted by atomic mass is 10.1. The van der Waals surface area contributed by atoms with E-state index in [1.54, 1.807) is 6.20 Å². The Hall–Kier alpha value is -1.21. The van der Waals surface area contributed by atoms with E-state index in [4.69, 9.17) is 12.2 Å². The summed E-state index contributed by atoms with van der Waals surface area (Å²) >= 11 is 8.73. The summed E-state index contributed by atoms with van der Waals surface area (Å²) < 4.78 is 3.42. The lowest BCUT2D eigenvalue weighted by Crippen LogP contribution is -2.36. The topological polar surface area (TPSA) is 53.9 Å². The number of aromatic amines is 1. The minimum absolute atomic E-state index is 0.211. The van der Waals surface area contributed by atoms with E-state index in [-0.39, 0.29) is 5.91 Å². The number of nitrogens with one attached hydrogen (secondary N) is 1. The fraction of sp³-hybridized carbons (Fsp3) is 0.500. The maximum Gasteiger partial charge on any atom is 0.224 e. The fourth-order valence-electron chi connectivity index (χ4n) is 2.73. The van der Waals surface area contributed by atoms with Crippen LogP contribution in [0.3, 0.4) is 0 Å². The van der Waals surface area contributed by atoms with Crippen LogP contribution >= 0.6 is 28.1 Å². The number of piperidine rings is 1. The molecule has 0 bridgehead atoms. The first kappa shape index (κ1) is 14.7. The van der Waals surface area contributed by atoms with Crippen molar-refractivity contribution in [2.45, 2.75) is 32.2 Å². The van der Waals surface area contributed by atoms with Crippen LogP contribution in [0.2, 0.25) is 0 Å². The van der Waals surface area contributed by atoms with Gasteiger partial charge in [0, 0.05) is 36.7 Å². The van der Waals surface area contributed by atoms with Gasteiger partial charge in [0.2, 0.25) is 5.91 Å². The van der Waals surface area contributed by atoms with Gasteiger partial charge in [-0.3, -0.25) is 4.79 Å². The third-order valence-corrected chi connectivity index (χ3v) is 4.59. The molecule has 0 saturated carbocycles. The number of pyridine rings is 1. The molecule has 0 atom stereocenters. The smallest absolute Gasteiger partial charge is 0.224 e. The summed E-state index contributed by atoms with van der Waals surface area (Å²) in [5.41, 5.74) is 1.69. The zero-order valence-electron chi connectivity index (χ0n) is 11.6. The van der Waals surface area contributed by atoms with Gasteiger partial charge < -0.3 is 14.5 Å². The Morgan fingerprint density at radius 2 is 2.14 bits per heavy atom. The molecule has 1 aliphatic rings. The maximum absolute atomic E-state index is 12.2. The molecule has 7 heteroatoms. The van der Waals surface area contributed by atoms with Crippen LogP contribution in [0.5, 0.6) is 0 Å². The first-order valence-corrected chi connectivity index (χ1v) is 8.37. The van der Waals surface area contributed by atoms with Gasteiger partial charge in [0.1, 0.15) is 0 Å². The number of likely N-dealkylation sites (tertiary alicyclic amines) is 1. The third-order valence-electron chi connectivity index (χ3n) is 3.83. The highest BCUT2D eigenvalue weighted by Gasteiger charge is 2.17. The van der Waals surface area contributed by atoms with Gasteiger partial charge in [0.15, 0.2) is 10.4 Å². The highest BCUT2D eigenvalue weighted by atomic mass is 79.9. The van der Waals surface area contributed by atoms with Gasteiger partial charge in [-0.25, -0.2) is 4.98 Å². The molecule has 3 rings (SSSR count). The average Bonchev–Trinajstić information content (AvgIpc) is 2.80. The van der Waals surface area contributed by atoms with Crippen LogP contribution < -0.4 is 0 Å². The van der Waals surface area contributed by atoms with Crippen molar-refractivity contribution in [2.24, 2.45) is 0 Å². The summed E-state index contributed by atoms with van der Waals surface area (Å²) in [5.74, 6) is 0.211. The van der Waals surface area contributed by atoms with Gasteiger partial charge in [-0.15, -0.1) is 0 Å². The molecule has 0 spiro atoms. The standard InChI is InChI=1S/C14H17BrN4OS/c15-10-8-11-13(16-9-10)19(14(21)17-11)7-4-12(20)18-5-2-1-3-6-18/h8-9H,1-7H2,(H,17,21). The number of imidazole rings is 1. The molecule has 0 aromatic carbocycles. The van der Waals surface area contributed by atoms with Crippen molar-refractivity contribution in [1.82, 2.24) is 19.4 Å². The largest absolute Gasteiger partial charge is 0.343 e. The van der Waals surface area contributed by atoms with Crippen molar-refractivity contribution in [3.05, 3.63) is 21.5 Å². The van der Waals surface area contributed by atoms with E-state index in [0.717, 1.165) is 41.6 Å². The number of fused-ring (bicyclic) bond motifs is 1. The Kier molecular flexibility index (Phi) is 4.40. The fourth-order valence-corrected chi connectivity index (χ4v) is 3.35. The summed E-state index contributed by atoms with van der Waals surface area (Å²) in [5, 5.41) is 0. The van der Waals surface area contributed by atoms with Crippen LogP contribution in [-0.4, -0.2) is 38.4 Å². The second-order valence-electron chi connectivity index (χ2n) is 5.30. The summed E-state index contributed by atoms with van der Waals surface area (Å²) in [7, 11) is 0. The normalized spacial score (nSPS) is 15.6. The van der Waals surface area contributed by atoms with E-state index in [0.29, 0.717) is 17.7 Å². The van der Waals surface area contributed by atoms with Crippen LogP contribution in [-0.2, 0) is 11.3 Å². The zero-order chi connectivity index (χ0) is 14.8. The average molecular weight is 369 g/mol. The quantitative estimate of drug-likeness (QED) is 0.845. The number of aryl methyl sites for hydroxylation is 1. The van der Waals surface area contributed by atoms with E-state index >= 15 is 0 Å². The van der Waals surface area contributed by atoms with Crippen LogP contribution in [0.1, 0.15) is 25.7 Å². The highest BCUT2D eigenvalue weighted by Crippen LogP contribution is 2.17.